The van der Waals surface area contributed by atoms with E-state index in [0.29, 0.717) is 5.70 Å². The van der Waals surface area contributed by atoms with Crippen molar-refractivity contribution >= 4 is 6.21 Å². The number of nitrogens with zero attached hydrogens (tertiary/aromatic N) is 2. The average Bonchev–Trinajstić information content (AvgIpc) is 2.16. The molecule has 0 aromatic rings. The normalized spacial score (nSPS) is 11.1. The van der Waals surface area contributed by atoms with Crippen LogP contribution in [0.4, 0.5) is 0 Å². The van der Waals surface area contributed by atoms with Crippen molar-refractivity contribution in [3.05, 3.63) is 23.9 Å². The lowest BCUT2D eigenvalue weighted by Crippen LogP contribution is -1.70. The van der Waals surface area contributed by atoms with Gasteiger partial charge < -0.3 is 0 Å². The summed E-state index contributed by atoms with van der Waals surface area (Å²) in [6.07, 6.45) is 6.90. The second-order valence-corrected chi connectivity index (χ2v) is 1.59. The lowest BCUT2D eigenvalue weighted by molar-refractivity contribution is 1.37. The highest BCUT2D eigenvalue weighted by Crippen LogP contribution is 1.90. The lowest BCUT2D eigenvalue weighted by Gasteiger charge is -1.80. The minimum atomic E-state index is 0.443. The molecule has 0 saturated heterocycles. The zero-order valence-corrected chi connectivity index (χ0v) is 8.20. The van der Waals surface area contributed by atoms with Crippen LogP contribution in [0.3, 0.4) is 0 Å². The SMILES string of the molecule is CC.C\C=C/C=N\C(C#N)=C/C. The van der Waals surface area contributed by atoms with Crippen molar-refractivity contribution in [3.63, 3.8) is 0 Å². The molecule has 0 bridgehead atoms. The van der Waals surface area contributed by atoms with Crippen LogP contribution in [0, 0.1) is 11.3 Å². The maximum atomic E-state index is 8.37. The maximum Gasteiger partial charge on any atom is 0.136 e. The highest BCUT2D eigenvalue weighted by molar-refractivity contribution is 5.72. The van der Waals surface area contributed by atoms with Crippen LogP contribution >= 0.6 is 0 Å². The van der Waals surface area contributed by atoms with Gasteiger partial charge in [0.05, 0.1) is 0 Å². The number of hydrogen-bond acceptors (Lipinski definition) is 2. The quantitative estimate of drug-likeness (QED) is 0.456. The number of hydrogen-bond donors (Lipinski definition) is 0. The smallest absolute Gasteiger partial charge is 0.136 e. The van der Waals surface area contributed by atoms with Crippen LogP contribution in [0.25, 0.3) is 0 Å². The molecule has 2 heteroatoms. The summed E-state index contributed by atoms with van der Waals surface area (Å²) >= 11 is 0. The van der Waals surface area contributed by atoms with Gasteiger partial charge >= 0.3 is 0 Å². The summed E-state index contributed by atoms with van der Waals surface area (Å²) in [7, 11) is 0. The zero-order valence-electron chi connectivity index (χ0n) is 8.20. The fourth-order valence-corrected chi connectivity index (χ4v) is 0.377. The minimum absolute atomic E-state index is 0.443. The Bertz CT molecular complexity index is 204. The standard InChI is InChI=1S/C8H10N2.C2H6/c1-3-5-6-10-8(4-2)7-9;1-2/h3-6H,1-2H3;1-2H3/b5-3-,8-4-,10-6-;. The number of aliphatic imine (C=N–C) groups is 1. The zero-order chi connectivity index (χ0) is 9.82. The first-order chi connectivity index (χ1) is 5.85. The van der Waals surface area contributed by atoms with Crippen LogP contribution < -0.4 is 0 Å². The Morgan fingerprint density at radius 2 is 1.92 bits per heavy atom. The first kappa shape index (κ1) is 13.2. The molecule has 0 aromatic heterocycles. The average molecular weight is 164 g/mol. The highest BCUT2D eigenvalue weighted by atomic mass is 14.7. The fourth-order valence-electron chi connectivity index (χ4n) is 0.377. The summed E-state index contributed by atoms with van der Waals surface area (Å²) in [4.78, 5) is 3.84. The van der Waals surface area contributed by atoms with Crippen molar-refractivity contribution in [3.8, 4) is 6.07 Å². The largest absolute Gasteiger partial charge is 0.246 e. The Kier molecular flexibility index (Phi) is 13.6. The second-order valence-electron chi connectivity index (χ2n) is 1.59. The van der Waals surface area contributed by atoms with Crippen LogP contribution in [0.2, 0.25) is 0 Å². The molecular formula is C10H16N2. The van der Waals surface area contributed by atoms with Crippen LogP contribution in [-0.2, 0) is 0 Å². The first-order valence-corrected chi connectivity index (χ1v) is 4.07. The molecule has 0 aliphatic heterocycles. The van der Waals surface area contributed by atoms with Crippen LogP contribution in [-0.4, -0.2) is 6.21 Å². The monoisotopic (exact) mass is 164 g/mol. The van der Waals surface area contributed by atoms with Gasteiger partial charge in [-0.25, -0.2) is 4.99 Å². The third-order valence-electron chi connectivity index (χ3n) is 0.880. The van der Waals surface area contributed by atoms with Crippen LogP contribution in [0.1, 0.15) is 27.7 Å². The summed E-state index contributed by atoms with van der Waals surface area (Å²) in [6, 6.07) is 1.94. The van der Waals surface area contributed by atoms with E-state index in [9.17, 15) is 0 Å². The van der Waals surface area contributed by atoms with Crippen molar-refractivity contribution in [2.75, 3.05) is 0 Å². The molecule has 0 amide bonds. The molecule has 0 aliphatic carbocycles. The van der Waals surface area contributed by atoms with Crippen LogP contribution in [0.5, 0.6) is 0 Å². The van der Waals surface area contributed by atoms with Gasteiger partial charge in [-0.3, -0.25) is 0 Å². The van der Waals surface area contributed by atoms with E-state index in [0.717, 1.165) is 0 Å². The van der Waals surface area contributed by atoms with E-state index >= 15 is 0 Å². The predicted octanol–water partition coefficient (Wildman–Crippen LogP) is 3.09. The molecular weight excluding hydrogens is 148 g/mol. The van der Waals surface area contributed by atoms with Crippen molar-refractivity contribution in [1.29, 1.82) is 5.26 Å². The van der Waals surface area contributed by atoms with E-state index in [1.165, 1.54) is 0 Å². The third kappa shape index (κ3) is 8.64. The molecule has 0 fully saturated rings. The molecule has 2 nitrogen and oxygen atoms in total. The van der Waals surface area contributed by atoms with E-state index < -0.39 is 0 Å². The second kappa shape index (κ2) is 12.3. The van der Waals surface area contributed by atoms with Crippen molar-refractivity contribution < 1.29 is 0 Å². The topological polar surface area (TPSA) is 36.1 Å². The van der Waals surface area contributed by atoms with E-state index in [2.05, 4.69) is 4.99 Å². The van der Waals surface area contributed by atoms with Gasteiger partial charge in [-0.15, -0.1) is 0 Å². The Hall–Kier alpha value is -1.36. The Labute approximate surface area is 74.9 Å². The molecule has 0 unspecified atom stereocenters. The summed E-state index contributed by atoms with van der Waals surface area (Å²) in [5, 5.41) is 8.37. The summed E-state index contributed by atoms with van der Waals surface area (Å²) in [5.41, 5.74) is 0.443. The lowest BCUT2D eigenvalue weighted by atomic mass is 10.4. The molecule has 0 atom stereocenters. The van der Waals surface area contributed by atoms with Gasteiger partial charge in [-0.2, -0.15) is 5.26 Å². The van der Waals surface area contributed by atoms with Gasteiger partial charge in [0.15, 0.2) is 0 Å². The molecule has 0 N–H and O–H groups in total. The minimum Gasteiger partial charge on any atom is -0.246 e. The Balaban J connectivity index is 0. The fraction of sp³-hybridized carbons (Fsp3) is 0.400. The predicted molar refractivity (Wildman–Crippen MR) is 54.0 cm³/mol. The van der Waals surface area contributed by atoms with E-state index in [1.807, 2.05) is 32.9 Å². The molecule has 0 aromatic carbocycles. The van der Waals surface area contributed by atoms with Gasteiger partial charge in [-0.1, -0.05) is 26.0 Å². The molecule has 0 heterocycles. The molecule has 66 valence electrons. The van der Waals surface area contributed by atoms with E-state index in [-0.39, 0.29) is 0 Å². The van der Waals surface area contributed by atoms with Gasteiger partial charge in [-0.05, 0) is 19.9 Å². The van der Waals surface area contributed by atoms with Gasteiger partial charge in [0, 0.05) is 6.21 Å². The first-order valence-electron chi connectivity index (χ1n) is 4.07. The van der Waals surface area contributed by atoms with E-state index in [4.69, 9.17) is 5.26 Å². The number of nitriles is 1. The molecule has 0 radical (unpaired) electrons. The molecule has 0 saturated carbocycles. The molecule has 0 aliphatic rings. The van der Waals surface area contributed by atoms with Gasteiger partial charge in [0.25, 0.3) is 0 Å². The summed E-state index contributed by atoms with van der Waals surface area (Å²) in [6.45, 7) is 7.68. The van der Waals surface area contributed by atoms with Crippen molar-refractivity contribution in [2.45, 2.75) is 27.7 Å². The van der Waals surface area contributed by atoms with Crippen molar-refractivity contribution in [1.82, 2.24) is 0 Å². The van der Waals surface area contributed by atoms with Crippen molar-refractivity contribution in [2.24, 2.45) is 4.99 Å². The number of rotatable bonds is 2. The van der Waals surface area contributed by atoms with Gasteiger partial charge in [0.2, 0.25) is 0 Å². The molecule has 12 heavy (non-hydrogen) atoms. The molecule has 0 spiro atoms. The van der Waals surface area contributed by atoms with Gasteiger partial charge in [0.1, 0.15) is 11.8 Å². The maximum absolute atomic E-state index is 8.37. The highest BCUT2D eigenvalue weighted by Gasteiger charge is 1.81. The third-order valence-corrected chi connectivity index (χ3v) is 0.880. The Morgan fingerprint density at radius 1 is 1.33 bits per heavy atom. The summed E-state index contributed by atoms with van der Waals surface area (Å²) in [5.74, 6) is 0. The summed E-state index contributed by atoms with van der Waals surface area (Å²) < 4.78 is 0. The van der Waals surface area contributed by atoms with E-state index in [1.54, 1.807) is 25.3 Å². The van der Waals surface area contributed by atoms with Crippen LogP contribution in [0.15, 0.2) is 28.9 Å². The number of allylic oxidation sites excluding steroid dienone is 4. The Morgan fingerprint density at radius 3 is 2.25 bits per heavy atom. The molecule has 0 rings (SSSR count).